The fraction of sp³-hybridized carbons (Fsp3) is 0.630. The molecule has 0 saturated heterocycles. The molecule has 0 unspecified atom stereocenters. The van der Waals surface area contributed by atoms with Crippen molar-refractivity contribution in [3.63, 3.8) is 0 Å². The maximum Gasteiger partial charge on any atom is 0.330 e. The topological polar surface area (TPSA) is 52.6 Å². The van der Waals surface area contributed by atoms with E-state index in [2.05, 4.69) is 13.8 Å². The third-order valence-electron chi connectivity index (χ3n) is 6.15. The van der Waals surface area contributed by atoms with Crippen molar-refractivity contribution in [2.45, 2.75) is 90.9 Å². The van der Waals surface area contributed by atoms with Crippen LogP contribution in [0.4, 0.5) is 0 Å². The molecule has 4 heteroatoms. The molecule has 0 atom stereocenters. The standard InChI is InChI=1S/C27H40O4/c1-3-5-7-9-21-30-26(28)20-15-23-13-18-25(19-14-23)31-27(29)24-16-11-22(12-17-24)10-8-6-4-2/h13-15,18-20,22,24H,3-12,16-17,21H2,1-2H3. The van der Waals surface area contributed by atoms with Crippen molar-refractivity contribution in [1.82, 2.24) is 0 Å². The molecule has 0 aromatic heterocycles. The van der Waals surface area contributed by atoms with Crippen LogP contribution in [0.5, 0.6) is 5.75 Å². The maximum absolute atomic E-state index is 12.5. The Labute approximate surface area is 188 Å². The second kappa shape index (κ2) is 14.8. The zero-order valence-corrected chi connectivity index (χ0v) is 19.4. The Balaban J connectivity index is 1.69. The fourth-order valence-electron chi connectivity index (χ4n) is 4.13. The number of carbonyl (C=O) groups is 2. The van der Waals surface area contributed by atoms with Crippen LogP contribution in [-0.4, -0.2) is 18.5 Å². The Morgan fingerprint density at radius 3 is 2.26 bits per heavy atom. The van der Waals surface area contributed by atoms with E-state index in [1.165, 1.54) is 44.6 Å². The smallest absolute Gasteiger partial charge is 0.330 e. The van der Waals surface area contributed by atoms with Crippen LogP contribution in [0.3, 0.4) is 0 Å². The summed E-state index contributed by atoms with van der Waals surface area (Å²) < 4.78 is 10.8. The van der Waals surface area contributed by atoms with Crippen LogP contribution in [0.2, 0.25) is 0 Å². The highest BCUT2D eigenvalue weighted by Gasteiger charge is 2.27. The van der Waals surface area contributed by atoms with Gasteiger partial charge in [0.25, 0.3) is 0 Å². The van der Waals surface area contributed by atoms with Gasteiger partial charge in [0.15, 0.2) is 0 Å². The molecule has 1 aliphatic carbocycles. The molecular formula is C27H40O4. The van der Waals surface area contributed by atoms with Gasteiger partial charge in [-0.1, -0.05) is 70.9 Å². The van der Waals surface area contributed by atoms with E-state index in [9.17, 15) is 9.59 Å². The highest BCUT2D eigenvalue weighted by Crippen LogP contribution is 2.33. The molecular weight excluding hydrogens is 388 g/mol. The fourth-order valence-corrected chi connectivity index (χ4v) is 4.13. The summed E-state index contributed by atoms with van der Waals surface area (Å²) in [5, 5.41) is 0. The Kier molecular flexibility index (Phi) is 12.0. The van der Waals surface area contributed by atoms with E-state index < -0.39 is 0 Å². The summed E-state index contributed by atoms with van der Waals surface area (Å²) in [4.78, 5) is 24.3. The summed E-state index contributed by atoms with van der Waals surface area (Å²) in [7, 11) is 0. The van der Waals surface area contributed by atoms with Gasteiger partial charge >= 0.3 is 11.9 Å². The summed E-state index contributed by atoms with van der Waals surface area (Å²) in [6.07, 6.45) is 16.9. The van der Waals surface area contributed by atoms with Crippen molar-refractivity contribution < 1.29 is 19.1 Å². The number of hydrogen-bond acceptors (Lipinski definition) is 4. The first-order chi connectivity index (χ1) is 15.1. The lowest BCUT2D eigenvalue weighted by Crippen LogP contribution is -2.25. The number of benzene rings is 1. The second-order valence-corrected chi connectivity index (χ2v) is 8.77. The molecule has 1 aromatic rings. The van der Waals surface area contributed by atoms with Crippen molar-refractivity contribution in [3.05, 3.63) is 35.9 Å². The third-order valence-corrected chi connectivity index (χ3v) is 6.15. The zero-order valence-electron chi connectivity index (χ0n) is 19.4. The molecule has 1 aromatic carbocycles. The van der Waals surface area contributed by atoms with Crippen LogP contribution in [0.15, 0.2) is 30.3 Å². The molecule has 0 heterocycles. The molecule has 0 aliphatic heterocycles. The third kappa shape index (κ3) is 10.2. The molecule has 0 amide bonds. The van der Waals surface area contributed by atoms with E-state index in [0.29, 0.717) is 12.4 Å². The molecule has 0 N–H and O–H groups in total. The Bertz CT molecular complexity index is 669. The first-order valence-electron chi connectivity index (χ1n) is 12.3. The summed E-state index contributed by atoms with van der Waals surface area (Å²) in [6, 6.07) is 7.25. The molecule has 1 fully saturated rings. The second-order valence-electron chi connectivity index (χ2n) is 8.77. The Hall–Kier alpha value is -2.10. The summed E-state index contributed by atoms with van der Waals surface area (Å²) in [6.45, 7) is 4.86. The van der Waals surface area contributed by atoms with Gasteiger partial charge in [0.1, 0.15) is 5.75 Å². The van der Waals surface area contributed by atoms with Crippen molar-refractivity contribution >= 4 is 18.0 Å². The lowest BCUT2D eigenvalue weighted by Gasteiger charge is -2.27. The van der Waals surface area contributed by atoms with Crippen LogP contribution in [-0.2, 0) is 14.3 Å². The van der Waals surface area contributed by atoms with E-state index in [4.69, 9.17) is 9.47 Å². The van der Waals surface area contributed by atoms with Gasteiger partial charge in [-0.15, -0.1) is 0 Å². The largest absolute Gasteiger partial charge is 0.463 e. The first kappa shape index (κ1) is 25.2. The van der Waals surface area contributed by atoms with E-state index in [0.717, 1.165) is 50.0 Å². The number of unbranched alkanes of at least 4 members (excludes halogenated alkanes) is 5. The summed E-state index contributed by atoms with van der Waals surface area (Å²) >= 11 is 0. The van der Waals surface area contributed by atoms with Crippen LogP contribution in [0, 0.1) is 11.8 Å². The Morgan fingerprint density at radius 2 is 1.58 bits per heavy atom. The average Bonchev–Trinajstić information content (AvgIpc) is 2.79. The van der Waals surface area contributed by atoms with E-state index in [-0.39, 0.29) is 17.9 Å². The summed E-state index contributed by atoms with van der Waals surface area (Å²) in [5.41, 5.74) is 0.871. The van der Waals surface area contributed by atoms with Gasteiger partial charge < -0.3 is 9.47 Å². The van der Waals surface area contributed by atoms with E-state index in [1.54, 1.807) is 18.2 Å². The number of hydrogen-bond donors (Lipinski definition) is 0. The van der Waals surface area contributed by atoms with Crippen molar-refractivity contribution in [2.75, 3.05) is 6.61 Å². The highest BCUT2D eigenvalue weighted by atomic mass is 16.5. The first-order valence-corrected chi connectivity index (χ1v) is 12.3. The molecule has 0 spiro atoms. The number of rotatable bonds is 13. The van der Waals surface area contributed by atoms with Gasteiger partial charge in [0.05, 0.1) is 12.5 Å². The molecule has 1 saturated carbocycles. The molecule has 172 valence electrons. The van der Waals surface area contributed by atoms with Crippen molar-refractivity contribution in [1.29, 1.82) is 0 Å². The number of carbonyl (C=O) groups excluding carboxylic acids is 2. The van der Waals surface area contributed by atoms with E-state index >= 15 is 0 Å². The molecule has 0 radical (unpaired) electrons. The summed E-state index contributed by atoms with van der Waals surface area (Å²) in [5.74, 6) is 0.934. The minimum atomic E-state index is -0.322. The molecule has 4 nitrogen and oxygen atoms in total. The SMILES string of the molecule is CCCCCCOC(=O)C=Cc1ccc(OC(=O)C2CCC(CCCCC)CC2)cc1. The lowest BCUT2D eigenvalue weighted by molar-refractivity contribution is -0.140. The van der Waals surface area contributed by atoms with Crippen LogP contribution < -0.4 is 4.74 Å². The quantitative estimate of drug-likeness (QED) is 0.145. The number of ether oxygens (including phenoxy) is 2. The maximum atomic E-state index is 12.5. The van der Waals surface area contributed by atoms with Gasteiger partial charge in [-0.05, 0) is 61.8 Å². The predicted molar refractivity (Wildman–Crippen MR) is 126 cm³/mol. The lowest BCUT2D eigenvalue weighted by atomic mass is 9.80. The van der Waals surface area contributed by atoms with E-state index in [1.807, 2.05) is 12.1 Å². The predicted octanol–water partition coefficient (Wildman–Crippen LogP) is 7.12. The van der Waals surface area contributed by atoms with Crippen LogP contribution in [0.25, 0.3) is 6.08 Å². The van der Waals surface area contributed by atoms with Crippen molar-refractivity contribution in [2.24, 2.45) is 11.8 Å². The molecule has 0 bridgehead atoms. The van der Waals surface area contributed by atoms with Gasteiger partial charge in [-0.25, -0.2) is 4.79 Å². The molecule has 2 rings (SSSR count). The monoisotopic (exact) mass is 428 g/mol. The van der Waals surface area contributed by atoms with Gasteiger partial charge in [-0.2, -0.15) is 0 Å². The zero-order chi connectivity index (χ0) is 22.3. The van der Waals surface area contributed by atoms with Gasteiger partial charge in [0.2, 0.25) is 0 Å². The molecule has 1 aliphatic rings. The van der Waals surface area contributed by atoms with Crippen LogP contribution >= 0.6 is 0 Å². The minimum absolute atomic E-state index is 0.0223. The molecule has 31 heavy (non-hydrogen) atoms. The highest BCUT2D eigenvalue weighted by molar-refractivity contribution is 5.87. The normalized spacial score (nSPS) is 18.8. The number of esters is 2. The van der Waals surface area contributed by atoms with Gasteiger partial charge in [-0.3, -0.25) is 4.79 Å². The minimum Gasteiger partial charge on any atom is -0.463 e. The average molecular weight is 429 g/mol. The Morgan fingerprint density at radius 1 is 0.903 bits per heavy atom. The van der Waals surface area contributed by atoms with Crippen molar-refractivity contribution in [3.8, 4) is 5.75 Å². The van der Waals surface area contributed by atoms with Gasteiger partial charge in [0, 0.05) is 6.08 Å². The van der Waals surface area contributed by atoms with Crippen LogP contribution in [0.1, 0.15) is 96.5 Å².